The molecule has 0 fully saturated rings. The van der Waals surface area contributed by atoms with Crippen molar-refractivity contribution in [2.24, 2.45) is 0 Å². The molecule has 0 saturated heterocycles. The molecule has 0 unspecified atom stereocenters. The maximum atomic E-state index is 5.53. The van der Waals surface area contributed by atoms with E-state index in [2.05, 4.69) is 9.97 Å². The van der Waals surface area contributed by atoms with Gasteiger partial charge < -0.3 is 15.2 Å². The van der Waals surface area contributed by atoms with Gasteiger partial charge in [-0.1, -0.05) is 0 Å². The highest BCUT2D eigenvalue weighted by Gasteiger charge is 1.99. The van der Waals surface area contributed by atoms with Gasteiger partial charge in [0.25, 0.3) is 0 Å². The van der Waals surface area contributed by atoms with Gasteiger partial charge in [-0.25, -0.2) is 4.98 Å². The summed E-state index contributed by atoms with van der Waals surface area (Å²) in [4.78, 5) is 8.02. The van der Waals surface area contributed by atoms with Gasteiger partial charge in [-0.3, -0.25) is 0 Å². The Hall–Kier alpha value is -1.36. The molecular weight excluding hydrogens is 182 g/mol. The fraction of sp³-hybridized carbons (Fsp3) is 0.556. The maximum Gasteiger partial charge on any atom is 0.218 e. The summed E-state index contributed by atoms with van der Waals surface area (Å²) >= 11 is 0. The molecule has 1 aromatic heterocycles. The minimum absolute atomic E-state index is 0.430. The number of ether oxygens (including phenoxy) is 2. The first-order valence-corrected chi connectivity index (χ1v) is 4.45. The number of nitrogen functional groups attached to an aromatic ring is 1. The molecule has 2 N–H and O–H groups in total. The molecule has 1 heterocycles. The smallest absolute Gasteiger partial charge is 0.218 e. The lowest BCUT2D eigenvalue weighted by atomic mass is 10.5. The third-order valence-corrected chi connectivity index (χ3v) is 1.58. The molecule has 0 atom stereocenters. The van der Waals surface area contributed by atoms with Gasteiger partial charge >= 0.3 is 0 Å². The minimum atomic E-state index is 0.430. The average molecular weight is 197 g/mol. The van der Waals surface area contributed by atoms with Crippen molar-refractivity contribution in [1.82, 2.24) is 9.97 Å². The first-order chi connectivity index (χ1) is 6.72. The highest BCUT2D eigenvalue weighted by Crippen LogP contribution is 2.10. The fourth-order valence-corrected chi connectivity index (χ4v) is 1.02. The lowest BCUT2D eigenvalue weighted by Crippen LogP contribution is -2.04. The molecular formula is C9H15N3O2. The van der Waals surface area contributed by atoms with E-state index in [9.17, 15) is 0 Å². The van der Waals surface area contributed by atoms with Crippen LogP contribution in [0, 0.1) is 6.92 Å². The van der Waals surface area contributed by atoms with Crippen LogP contribution in [0.15, 0.2) is 6.07 Å². The van der Waals surface area contributed by atoms with Crippen LogP contribution >= 0.6 is 0 Å². The first kappa shape index (κ1) is 10.7. The molecule has 14 heavy (non-hydrogen) atoms. The van der Waals surface area contributed by atoms with Crippen molar-refractivity contribution in [3.8, 4) is 5.88 Å². The lowest BCUT2D eigenvalue weighted by molar-refractivity contribution is 0.170. The Balaban J connectivity index is 2.42. The second-order valence-corrected chi connectivity index (χ2v) is 2.87. The Morgan fingerprint density at radius 1 is 1.36 bits per heavy atom. The number of hydrogen-bond donors (Lipinski definition) is 1. The normalized spacial score (nSPS) is 10.1. The summed E-state index contributed by atoms with van der Waals surface area (Å²) in [6, 6.07) is 1.61. The first-order valence-electron chi connectivity index (χ1n) is 4.45. The van der Waals surface area contributed by atoms with E-state index in [0.29, 0.717) is 30.7 Å². The van der Waals surface area contributed by atoms with E-state index in [-0.39, 0.29) is 0 Å². The molecule has 5 heteroatoms. The van der Waals surface area contributed by atoms with Crippen molar-refractivity contribution in [3.63, 3.8) is 0 Å². The van der Waals surface area contributed by atoms with Crippen LogP contribution in [0.2, 0.25) is 0 Å². The van der Waals surface area contributed by atoms with Crippen LogP contribution in [0.4, 0.5) is 5.82 Å². The second kappa shape index (κ2) is 5.39. The number of nitrogens with two attached hydrogens (primary N) is 1. The number of hydrogen-bond acceptors (Lipinski definition) is 5. The van der Waals surface area contributed by atoms with Gasteiger partial charge in [0.1, 0.15) is 11.6 Å². The van der Waals surface area contributed by atoms with Crippen LogP contribution < -0.4 is 10.5 Å². The highest BCUT2D eigenvalue weighted by molar-refractivity contribution is 5.32. The Bertz CT molecular complexity index is 271. The largest absolute Gasteiger partial charge is 0.477 e. The average Bonchev–Trinajstić information content (AvgIpc) is 2.11. The summed E-state index contributed by atoms with van der Waals surface area (Å²) in [6.07, 6.45) is 0.833. The molecule has 0 radical (unpaired) electrons. The van der Waals surface area contributed by atoms with Gasteiger partial charge in [-0.05, 0) is 6.92 Å². The molecule has 5 nitrogen and oxygen atoms in total. The van der Waals surface area contributed by atoms with Crippen LogP contribution in [0.5, 0.6) is 5.88 Å². The molecule has 0 aliphatic carbocycles. The van der Waals surface area contributed by atoms with Gasteiger partial charge in [-0.2, -0.15) is 4.98 Å². The Kier molecular flexibility index (Phi) is 4.12. The molecule has 0 aromatic carbocycles. The topological polar surface area (TPSA) is 70.3 Å². The number of rotatable bonds is 5. The van der Waals surface area contributed by atoms with Gasteiger partial charge in [-0.15, -0.1) is 0 Å². The van der Waals surface area contributed by atoms with Gasteiger partial charge in [0, 0.05) is 26.2 Å². The Morgan fingerprint density at radius 2 is 2.14 bits per heavy atom. The van der Waals surface area contributed by atoms with Crippen LogP contribution in [-0.4, -0.2) is 30.3 Å². The third-order valence-electron chi connectivity index (χ3n) is 1.58. The summed E-state index contributed by atoms with van der Waals surface area (Å²) in [5.41, 5.74) is 5.53. The molecule has 1 rings (SSSR count). The van der Waals surface area contributed by atoms with Crippen molar-refractivity contribution >= 4 is 5.82 Å². The number of nitrogens with zero attached hydrogens (tertiary/aromatic N) is 2. The van der Waals surface area contributed by atoms with Crippen molar-refractivity contribution in [3.05, 3.63) is 11.9 Å². The van der Waals surface area contributed by atoms with Crippen molar-refractivity contribution in [2.75, 3.05) is 26.1 Å². The van der Waals surface area contributed by atoms with E-state index in [1.165, 1.54) is 0 Å². The van der Waals surface area contributed by atoms with E-state index in [4.69, 9.17) is 15.2 Å². The van der Waals surface area contributed by atoms with Gasteiger partial charge in [0.15, 0.2) is 0 Å². The molecule has 0 spiro atoms. The van der Waals surface area contributed by atoms with Crippen LogP contribution in [0.1, 0.15) is 12.2 Å². The molecule has 0 aliphatic rings. The van der Waals surface area contributed by atoms with Crippen LogP contribution in [-0.2, 0) is 4.74 Å². The number of anilines is 1. The molecule has 78 valence electrons. The second-order valence-electron chi connectivity index (χ2n) is 2.87. The van der Waals surface area contributed by atoms with E-state index >= 15 is 0 Å². The van der Waals surface area contributed by atoms with E-state index in [0.717, 1.165) is 6.42 Å². The Labute approximate surface area is 83.3 Å². The zero-order chi connectivity index (χ0) is 10.4. The highest BCUT2D eigenvalue weighted by atomic mass is 16.5. The van der Waals surface area contributed by atoms with E-state index < -0.39 is 0 Å². The third kappa shape index (κ3) is 3.57. The number of aromatic nitrogens is 2. The summed E-state index contributed by atoms with van der Waals surface area (Å²) in [6.45, 7) is 3.03. The number of methoxy groups -OCH3 is 1. The summed E-state index contributed by atoms with van der Waals surface area (Å²) < 4.78 is 10.2. The molecule has 0 saturated carbocycles. The standard InChI is InChI=1S/C9H15N3O2/c1-7-11-8(10)6-9(12-7)14-5-3-4-13-2/h6H,3-5H2,1-2H3,(H2,10,11,12). The maximum absolute atomic E-state index is 5.53. The summed E-state index contributed by atoms with van der Waals surface area (Å²) in [7, 11) is 1.66. The van der Waals surface area contributed by atoms with Crippen molar-refractivity contribution < 1.29 is 9.47 Å². The van der Waals surface area contributed by atoms with E-state index in [1.54, 1.807) is 20.1 Å². The van der Waals surface area contributed by atoms with Crippen LogP contribution in [0.3, 0.4) is 0 Å². The summed E-state index contributed by atoms with van der Waals surface area (Å²) in [5.74, 6) is 1.57. The van der Waals surface area contributed by atoms with Gasteiger partial charge in [0.2, 0.25) is 5.88 Å². The zero-order valence-corrected chi connectivity index (χ0v) is 8.49. The molecule has 1 aromatic rings. The summed E-state index contributed by atoms with van der Waals surface area (Å²) in [5, 5.41) is 0. The molecule has 0 bridgehead atoms. The molecule has 0 aliphatic heterocycles. The molecule has 0 amide bonds. The SMILES string of the molecule is COCCCOc1cc(N)nc(C)n1. The van der Waals surface area contributed by atoms with Crippen molar-refractivity contribution in [1.29, 1.82) is 0 Å². The lowest BCUT2D eigenvalue weighted by Gasteiger charge is -2.05. The minimum Gasteiger partial charge on any atom is -0.477 e. The predicted molar refractivity (Wildman–Crippen MR) is 53.2 cm³/mol. The van der Waals surface area contributed by atoms with Gasteiger partial charge in [0.05, 0.1) is 6.61 Å². The van der Waals surface area contributed by atoms with E-state index in [1.807, 2.05) is 0 Å². The van der Waals surface area contributed by atoms with Crippen LogP contribution in [0.25, 0.3) is 0 Å². The zero-order valence-electron chi connectivity index (χ0n) is 8.49. The van der Waals surface area contributed by atoms with Crippen molar-refractivity contribution in [2.45, 2.75) is 13.3 Å². The monoisotopic (exact) mass is 197 g/mol. The Morgan fingerprint density at radius 3 is 2.79 bits per heavy atom. The predicted octanol–water partition coefficient (Wildman–Crippen LogP) is 0.783. The fourth-order valence-electron chi connectivity index (χ4n) is 1.02. The number of aryl methyl sites for hydroxylation is 1. The quantitative estimate of drug-likeness (QED) is 0.706.